The van der Waals surface area contributed by atoms with E-state index in [-0.39, 0.29) is 0 Å². The third kappa shape index (κ3) is 2.34. The summed E-state index contributed by atoms with van der Waals surface area (Å²) in [6, 6.07) is 3.77. The highest BCUT2D eigenvalue weighted by molar-refractivity contribution is 7.80. The molecule has 0 atom stereocenters. The first kappa shape index (κ1) is 9.26. The van der Waals surface area contributed by atoms with Crippen LogP contribution < -0.4 is 0 Å². The Morgan fingerprint density at radius 2 is 2.00 bits per heavy atom. The van der Waals surface area contributed by atoms with Crippen LogP contribution in [0.5, 0.6) is 0 Å². The summed E-state index contributed by atoms with van der Waals surface area (Å²) in [4.78, 5) is 0. The van der Waals surface area contributed by atoms with Crippen LogP contribution >= 0.6 is 12.6 Å². The third-order valence-electron chi connectivity index (χ3n) is 1.36. The van der Waals surface area contributed by atoms with Gasteiger partial charge in [-0.05, 0) is 17.7 Å². The predicted molar refractivity (Wildman–Crippen MR) is 49.2 cm³/mol. The largest absolute Gasteiger partial charge is 0.204 e. The first-order valence-corrected chi connectivity index (χ1v) is 4.09. The summed E-state index contributed by atoms with van der Waals surface area (Å²) in [5.41, 5.74) is 0.642. The molecule has 0 spiro atoms. The summed E-state index contributed by atoms with van der Waals surface area (Å²) in [6.45, 7) is 0. The summed E-state index contributed by atoms with van der Waals surface area (Å²) < 4.78 is 25.0. The maximum atomic E-state index is 12.6. The van der Waals surface area contributed by atoms with E-state index < -0.39 is 11.6 Å². The number of hydrogen-bond acceptors (Lipinski definition) is 1. The van der Waals surface area contributed by atoms with Gasteiger partial charge in [0, 0.05) is 5.75 Å². The Balaban J connectivity index is 2.89. The van der Waals surface area contributed by atoms with Gasteiger partial charge in [0.1, 0.15) is 0 Å². The normalized spacial score (nSPS) is 10.9. The van der Waals surface area contributed by atoms with Crippen LogP contribution in [-0.2, 0) is 0 Å². The van der Waals surface area contributed by atoms with Gasteiger partial charge in [-0.1, -0.05) is 18.2 Å². The summed E-state index contributed by atoms with van der Waals surface area (Å²) in [6.07, 6.45) is 3.45. The van der Waals surface area contributed by atoms with Gasteiger partial charge < -0.3 is 0 Å². The first-order chi connectivity index (χ1) is 5.74. The van der Waals surface area contributed by atoms with E-state index in [1.807, 2.05) is 0 Å². The van der Waals surface area contributed by atoms with E-state index in [4.69, 9.17) is 0 Å². The lowest BCUT2D eigenvalue weighted by Gasteiger charge is -1.94. The summed E-state index contributed by atoms with van der Waals surface area (Å²) in [5, 5.41) is 0. The van der Waals surface area contributed by atoms with Crippen molar-refractivity contribution < 1.29 is 8.78 Å². The van der Waals surface area contributed by atoms with Crippen LogP contribution in [0.15, 0.2) is 24.3 Å². The molecule has 0 saturated heterocycles. The van der Waals surface area contributed by atoms with Crippen LogP contribution in [0.3, 0.4) is 0 Å². The van der Waals surface area contributed by atoms with Gasteiger partial charge in [-0.2, -0.15) is 12.6 Å². The molecule has 1 aromatic carbocycles. The van der Waals surface area contributed by atoms with Crippen LogP contribution in [0.25, 0.3) is 6.08 Å². The fourth-order valence-electron chi connectivity index (χ4n) is 0.805. The van der Waals surface area contributed by atoms with Crippen LogP contribution in [0.2, 0.25) is 0 Å². The zero-order valence-electron chi connectivity index (χ0n) is 6.30. The number of benzene rings is 1. The van der Waals surface area contributed by atoms with Gasteiger partial charge in [0.05, 0.1) is 0 Å². The van der Waals surface area contributed by atoms with E-state index in [0.717, 1.165) is 12.1 Å². The zero-order chi connectivity index (χ0) is 8.97. The molecule has 12 heavy (non-hydrogen) atoms. The molecule has 1 aromatic rings. The Labute approximate surface area is 75.3 Å². The molecule has 0 aliphatic rings. The second-order valence-corrected chi connectivity index (χ2v) is 2.62. The molecule has 0 saturated carbocycles. The van der Waals surface area contributed by atoms with Crippen molar-refractivity contribution in [2.45, 2.75) is 0 Å². The van der Waals surface area contributed by atoms with Gasteiger partial charge in [0.2, 0.25) is 0 Å². The molecule has 0 aliphatic carbocycles. The van der Waals surface area contributed by atoms with Crippen molar-refractivity contribution in [1.29, 1.82) is 0 Å². The maximum absolute atomic E-state index is 12.6. The molecule has 0 heterocycles. The maximum Gasteiger partial charge on any atom is 0.159 e. The number of hydrogen-bond donors (Lipinski definition) is 1. The smallest absolute Gasteiger partial charge is 0.159 e. The molecule has 0 aliphatic heterocycles. The molecule has 64 valence electrons. The quantitative estimate of drug-likeness (QED) is 0.674. The first-order valence-electron chi connectivity index (χ1n) is 3.46. The average molecular weight is 186 g/mol. The minimum absolute atomic E-state index is 0.582. The zero-order valence-corrected chi connectivity index (χ0v) is 7.19. The van der Waals surface area contributed by atoms with Gasteiger partial charge >= 0.3 is 0 Å². The van der Waals surface area contributed by atoms with E-state index in [1.165, 1.54) is 6.07 Å². The molecule has 1 rings (SSSR count). The van der Waals surface area contributed by atoms with Gasteiger partial charge in [-0.15, -0.1) is 0 Å². The van der Waals surface area contributed by atoms with E-state index in [0.29, 0.717) is 11.3 Å². The van der Waals surface area contributed by atoms with Crippen molar-refractivity contribution in [3.63, 3.8) is 0 Å². The van der Waals surface area contributed by atoms with Crippen molar-refractivity contribution in [3.05, 3.63) is 41.5 Å². The van der Waals surface area contributed by atoms with Crippen molar-refractivity contribution >= 4 is 18.7 Å². The number of halogens is 2. The molecule has 0 nitrogen and oxygen atoms in total. The number of rotatable bonds is 2. The highest BCUT2D eigenvalue weighted by Gasteiger charge is 1.99. The lowest BCUT2D eigenvalue weighted by atomic mass is 10.2. The van der Waals surface area contributed by atoms with Crippen LogP contribution in [0.4, 0.5) is 8.78 Å². The Kier molecular flexibility index (Phi) is 3.29. The second-order valence-electron chi connectivity index (χ2n) is 2.26. The van der Waals surface area contributed by atoms with Gasteiger partial charge in [-0.25, -0.2) is 8.78 Å². The van der Waals surface area contributed by atoms with Crippen LogP contribution in [-0.4, -0.2) is 5.75 Å². The number of thiol groups is 1. The minimum Gasteiger partial charge on any atom is -0.204 e. The van der Waals surface area contributed by atoms with E-state index in [1.54, 1.807) is 12.2 Å². The van der Waals surface area contributed by atoms with Crippen molar-refractivity contribution in [2.24, 2.45) is 0 Å². The summed E-state index contributed by atoms with van der Waals surface area (Å²) in [5.74, 6) is -1.06. The van der Waals surface area contributed by atoms with Gasteiger partial charge in [0.25, 0.3) is 0 Å². The van der Waals surface area contributed by atoms with E-state index in [2.05, 4.69) is 12.6 Å². The van der Waals surface area contributed by atoms with Crippen LogP contribution in [0, 0.1) is 11.6 Å². The standard InChI is InChI=1S/C9H8F2S/c10-8-4-3-7(2-1-5-12)6-9(8)11/h1-4,6,12H,5H2. The van der Waals surface area contributed by atoms with Crippen molar-refractivity contribution in [2.75, 3.05) is 5.75 Å². The molecule has 0 unspecified atom stereocenters. The molecule has 3 heteroatoms. The van der Waals surface area contributed by atoms with Crippen LogP contribution in [0.1, 0.15) is 5.56 Å². The molecule has 0 aromatic heterocycles. The monoisotopic (exact) mass is 186 g/mol. The molecular weight excluding hydrogens is 178 g/mol. The Morgan fingerprint density at radius 1 is 1.25 bits per heavy atom. The lowest BCUT2D eigenvalue weighted by molar-refractivity contribution is 0.508. The molecule has 0 N–H and O–H groups in total. The molecule has 0 fully saturated rings. The van der Waals surface area contributed by atoms with E-state index in [9.17, 15) is 8.78 Å². The predicted octanol–water partition coefficient (Wildman–Crippen LogP) is 2.91. The van der Waals surface area contributed by atoms with Crippen molar-refractivity contribution in [1.82, 2.24) is 0 Å². The molecular formula is C9H8F2S. The van der Waals surface area contributed by atoms with Crippen molar-refractivity contribution in [3.8, 4) is 0 Å². The highest BCUT2D eigenvalue weighted by Crippen LogP contribution is 2.09. The Morgan fingerprint density at radius 3 is 2.58 bits per heavy atom. The minimum atomic E-state index is -0.823. The lowest BCUT2D eigenvalue weighted by Crippen LogP contribution is -1.83. The summed E-state index contributed by atoms with van der Waals surface area (Å²) >= 11 is 3.94. The fourth-order valence-corrected chi connectivity index (χ4v) is 0.910. The Bertz CT molecular complexity index is 295. The van der Waals surface area contributed by atoms with E-state index >= 15 is 0 Å². The highest BCUT2D eigenvalue weighted by atomic mass is 32.1. The van der Waals surface area contributed by atoms with Gasteiger partial charge in [0.15, 0.2) is 11.6 Å². The molecule has 0 radical (unpaired) electrons. The molecule has 0 bridgehead atoms. The molecule has 0 amide bonds. The Hall–Kier alpha value is -0.830. The average Bonchev–Trinajstić information content (AvgIpc) is 2.07. The second kappa shape index (κ2) is 4.26. The summed E-state index contributed by atoms with van der Waals surface area (Å²) in [7, 11) is 0. The SMILES string of the molecule is Fc1ccc(C=CCS)cc1F. The fraction of sp³-hybridized carbons (Fsp3) is 0.111. The van der Waals surface area contributed by atoms with Gasteiger partial charge in [-0.3, -0.25) is 0 Å². The topological polar surface area (TPSA) is 0 Å². The third-order valence-corrected chi connectivity index (χ3v) is 1.57.